The van der Waals surface area contributed by atoms with Crippen molar-refractivity contribution in [2.24, 2.45) is 11.7 Å². The monoisotopic (exact) mass is 247 g/mol. The van der Waals surface area contributed by atoms with Crippen LogP contribution in [0.15, 0.2) is 30.3 Å². The van der Waals surface area contributed by atoms with Crippen molar-refractivity contribution in [1.82, 2.24) is 0 Å². The molecule has 0 bridgehead atoms. The second kappa shape index (κ2) is 5.53. The van der Waals surface area contributed by atoms with Crippen molar-refractivity contribution in [3.05, 3.63) is 35.9 Å². The van der Waals surface area contributed by atoms with Crippen LogP contribution in [-0.2, 0) is 16.1 Å². The van der Waals surface area contributed by atoms with Crippen molar-refractivity contribution in [1.29, 1.82) is 0 Å². The molecule has 2 unspecified atom stereocenters. The van der Waals surface area contributed by atoms with Crippen LogP contribution in [0.3, 0.4) is 0 Å². The molecule has 1 aromatic rings. The first-order chi connectivity index (χ1) is 8.63. The Kier molecular flexibility index (Phi) is 4.02. The first-order valence-electron chi connectivity index (χ1n) is 6.63. The highest BCUT2D eigenvalue weighted by atomic mass is 16.5. The van der Waals surface area contributed by atoms with Gasteiger partial charge >= 0.3 is 5.97 Å². The molecule has 0 radical (unpaired) electrons. The molecule has 2 rings (SSSR count). The van der Waals surface area contributed by atoms with E-state index in [0.717, 1.165) is 31.2 Å². The highest BCUT2D eigenvalue weighted by molar-refractivity contribution is 5.81. The molecular formula is C15H21NO2. The van der Waals surface area contributed by atoms with E-state index in [-0.39, 0.29) is 11.9 Å². The molecule has 0 aliphatic heterocycles. The van der Waals surface area contributed by atoms with Gasteiger partial charge in [0.15, 0.2) is 0 Å². The van der Waals surface area contributed by atoms with Gasteiger partial charge < -0.3 is 10.5 Å². The van der Waals surface area contributed by atoms with Crippen LogP contribution in [0.5, 0.6) is 0 Å². The van der Waals surface area contributed by atoms with E-state index in [0.29, 0.717) is 6.61 Å². The summed E-state index contributed by atoms with van der Waals surface area (Å²) in [6.45, 7) is 2.36. The van der Waals surface area contributed by atoms with Crippen LogP contribution in [0.2, 0.25) is 0 Å². The molecule has 98 valence electrons. The molecule has 1 aliphatic carbocycles. The number of hydrogen-bond donors (Lipinski definition) is 1. The predicted molar refractivity (Wildman–Crippen MR) is 70.8 cm³/mol. The fourth-order valence-corrected chi connectivity index (χ4v) is 2.53. The van der Waals surface area contributed by atoms with Gasteiger partial charge in [-0.1, -0.05) is 50.1 Å². The lowest BCUT2D eigenvalue weighted by molar-refractivity contribution is -0.155. The van der Waals surface area contributed by atoms with Crippen LogP contribution in [0.4, 0.5) is 0 Å². The topological polar surface area (TPSA) is 52.3 Å². The maximum atomic E-state index is 12.2. The van der Waals surface area contributed by atoms with Crippen molar-refractivity contribution in [2.75, 3.05) is 0 Å². The molecule has 2 atom stereocenters. The van der Waals surface area contributed by atoms with Gasteiger partial charge in [-0.05, 0) is 24.3 Å². The zero-order valence-corrected chi connectivity index (χ0v) is 10.9. The second-order valence-electron chi connectivity index (χ2n) is 5.25. The quantitative estimate of drug-likeness (QED) is 0.835. The van der Waals surface area contributed by atoms with Gasteiger partial charge in [0.25, 0.3) is 0 Å². The van der Waals surface area contributed by atoms with Gasteiger partial charge in [-0.15, -0.1) is 0 Å². The predicted octanol–water partition coefficient (Wildman–Crippen LogP) is 2.64. The Morgan fingerprint density at radius 1 is 1.39 bits per heavy atom. The fourth-order valence-electron chi connectivity index (χ4n) is 2.53. The third-order valence-electron chi connectivity index (χ3n) is 3.95. The summed E-state index contributed by atoms with van der Waals surface area (Å²) in [5, 5.41) is 0. The van der Waals surface area contributed by atoms with Gasteiger partial charge in [0, 0.05) is 0 Å². The largest absolute Gasteiger partial charge is 0.459 e. The molecule has 0 aromatic heterocycles. The van der Waals surface area contributed by atoms with E-state index < -0.39 is 5.54 Å². The Morgan fingerprint density at radius 3 is 2.78 bits per heavy atom. The van der Waals surface area contributed by atoms with Crippen molar-refractivity contribution in [2.45, 2.75) is 44.8 Å². The molecule has 1 saturated carbocycles. The number of carbonyl (C=O) groups is 1. The molecule has 18 heavy (non-hydrogen) atoms. The van der Waals surface area contributed by atoms with Crippen LogP contribution >= 0.6 is 0 Å². The van der Waals surface area contributed by atoms with E-state index >= 15 is 0 Å². The summed E-state index contributed by atoms with van der Waals surface area (Å²) in [4.78, 5) is 12.2. The lowest BCUT2D eigenvalue weighted by Crippen LogP contribution is -2.55. The minimum absolute atomic E-state index is 0.203. The maximum Gasteiger partial charge on any atom is 0.326 e. The Hall–Kier alpha value is -1.35. The van der Waals surface area contributed by atoms with Crippen molar-refractivity contribution in [3.8, 4) is 0 Å². The fraction of sp³-hybridized carbons (Fsp3) is 0.533. The van der Waals surface area contributed by atoms with Gasteiger partial charge in [-0.25, -0.2) is 0 Å². The Morgan fingerprint density at radius 2 is 2.11 bits per heavy atom. The normalized spacial score (nSPS) is 27.8. The van der Waals surface area contributed by atoms with Gasteiger partial charge in [0.05, 0.1) is 0 Å². The molecule has 3 heteroatoms. The summed E-state index contributed by atoms with van der Waals surface area (Å²) >= 11 is 0. The molecule has 1 aliphatic rings. The van der Waals surface area contributed by atoms with Crippen molar-refractivity contribution >= 4 is 5.97 Å². The van der Waals surface area contributed by atoms with Gasteiger partial charge in [0.2, 0.25) is 0 Å². The number of hydrogen-bond acceptors (Lipinski definition) is 3. The average molecular weight is 247 g/mol. The van der Waals surface area contributed by atoms with Gasteiger partial charge in [-0.2, -0.15) is 0 Å². The van der Waals surface area contributed by atoms with Crippen molar-refractivity contribution in [3.63, 3.8) is 0 Å². The first kappa shape index (κ1) is 13.1. The van der Waals surface area contributed by atoms with E-state index in [1.54, 1.807) is 0 Å². The van der Waals surface area contributed by atoms with Crippen LogP contribution in [0.1, 0.15) is 38.2 Å². The smallest absolute Gasteiger partial charge is 0.326 e. The summed E-state index contributed by atoms with van der Waals surface area (Å²) in [6.07, 6.45) is 3.92. The summed E-state index contributed by atoms with van der Waals surface area (Å²) in [7, 11) is 0. The minimum Gasteiger partial charge on any atom is -0.459 e. The third-order valence-corrected chi connectivity index (χ3v) is 3.95. The Balaban J connectivity index is 1.95. The second-order valence-corrected chi connectivity index (χ2v) is 5.25. The number of benzene rings is 1. The zero-order chi connectivity index (χ0) is 13.0. The van der Waals surface area contributed by atoms with E-state index in [1.165, 1.54) is 0 Å². The van der Waals surface area contributed by atoms with E-state index in [2.05, 4.69) is 0 Å². The standard InChI is InChI=1S/C15H21NO2/c1-12-7-5-6-10-15(12,16)14(17)18-11-13-8-3-2-4-9-13/h2-4,8-9,12H,5-7,10-11,16H2,1H3. The van der Waals surface area contributed by atoms with Crippen LogP contribution in [-0.4, -0.2) is 11.5 Å². The number of ether oxygens (including phenoxy) is 1. The van der Waals surface area contributed by atoms with E-state index in [9.17, 15) is 4.79 Å². The number of nitrogens with two attached hydrogens (primary N) is 1. The molecule has 0 spiro atoms. The summed E-state index contributed by atoms with van der Waals surface area (Å²) in [5.74, 6) is -0.0481. The molecule has 1 fully saturated rings. The van der Waals surface area contributed by atoms with E-state index in [4.69, 9.17) is 10.5 Å². The molecule has 1 aromatic carbocycles. The van der Waals surface area contributed by atoms with Crippen molar-refractivity contribution < 1.29 is 9.53 Å². The minimum atomic E-state index is -0.785. The van der Waals surface area contributed by atoms with Crippen LogP contribution in [0.25, 0.3) is 0 Å². The lowest BCUT2D eigenvalue weighted by atomic mass is 9.74. The number of rotatable bonds is 3. The third kappa shape index (κ3) is 2.72. The highest BCUT2D eigenvalue weighted by Gasteiger charge is 2.42. The summed E-state index contributed by atoms with van der Waals surface area (Å²) < 4.78 is 5.38. The highest BCUT2D eigenvalue weighted by Crippen LogP contribution is 2.32. The summed E-state index contributed by atoms with van der Waals surface area (Å²) in [6, 6.07) is 9.70. The molecule has 0 saturated heterocycles. The lowest BCUT2D eigenvalue weighted by Gasteiger charge is -2.36. The molecule has 2 N–H and O–H groups in total. The Bertz CT molecular complexity index is 404. The Labute approximate surface area is 108 Å². The van der Waals surface area contributed by atoms with E-state index in [1.807, 2.05) is 37.3 Å². The zero-order valence-electron chi connectivity index (χ0n) is 10.9. The molecule has 0 heterocycles. The number of carbonyl (C=O) groups excluding carboxylic acids is 1. The van der Waals surface area contributed by atoms with Gasteiger partial charge in [0.1, 0.15) is 12.1 Å². The molecule has 0 amide bonds. The number of esters is 1. The first-order valence-corrected chi connectivity index (χ1v) is 6.63. The average Bonchev–Trinajstić information content (AvgIpc) is 2.40. The SMILES string of the molecule is CC1CCCCC1(N)C(=O)OCc1ccccc1. The summed E-state index contributed by atoms with van der Waals surface area (Å²) in [5.41, 5.74) is 6.45. The molecule has 3 nitrogen and oxygen atoms in total. The van der Waals surface area contributed by atoms with Crippen LogP contribution in [0, 0.1) is 5.92 Å². The maximum absolute atomic E-state index is 12.2. The van der Waals surface area contributed by atoms with Gasteiger partial charge in [-0.3, -0.25) is 4.79 Å². The molecular weight excluding hydrogens is 226 g/mol. The van der Waals surface area contributed by atoms with Crippen LogP contribution < -0.4 is 5.73 Å².